The number of nitrogen functional groups attached to an aromatic ring is 1. The van der Waals surface area contributed by atoms with Gasteiger partial charge in [0.15, 0.2) is 5.01 Å². The van der Waals surface area contributed by atoms with Gasteiger partial charge >= 0.3 is 0 Å². The molecule has 0 saturated carbocycles. The second kappa shape index (κ2) is 4.94. The van der Waals surface area contributed by atoms with E-state index in [1.807, 2.05) is 24.3 Å². The lowest BCUT2D eigenvalue weighted by Gasteiger charge is -2.07. The Bertz CT molecular complexity index is 470. The van der Waals surface area contributed by atoms with Crippen molar-refractivity contribution >= 4 is 16.5 Å². The first-order valence-electron chi connectivity index (χ1n) is 5.12. The average Bonchev–Trinajstić information content (AvgIpc) is 2.73. The first-order valence-corrected chi connectivity index (χ1v) is 5.94. The number of nitrogens with zero attached hydrogens (tertiary/aromatic N) is 2. The van der Waals surface area contributed by atoms with E-state index in [1.165, 1.54) is 11.3 Å². The van der Waals surface area contributed by atoms with Crippen LogP contribution in [0.4, 0.5) is 5.13 Å². The van der Waals surface area contributed by atoms with Gasteiger partial charge in [-0.2, -0.15) is 0 Å². The second-order valence-corrected chi connectivity index (χ2v) is 4.30. The van der Waals surface area contributed by atoms with Crippen molar-refractivity contribution in [2.75, 3.05) is 12.3 Å². The summed E-state index contributed by atoms with van der Waals surface area (Å²) in [6.07, 6.45) is 0.979. The largest absolute Gasteiger partial charge is 0.493 e. The molecule has 1 heterocycles. The molecular formula is C11H13N3OS. The van der Waals surface area contributed by atoms with E-state index in [-0.39, 0.29) is 0 Å². The fourth-order valence-electron chi connectivity index (χ4n) is 1.32. The molecule has 2 rings (SSSR count). The van der Waals surface area contributed by atoms with E-state index in [0.717, 1.165) is 22.7 Å². The minimum Gasteiger partial charge on any atom is -0.493 e. The Morgan fingerprint density at radius 2 is 2.12 bits per heavy atom. The monoisotopic (exact) mass is 235 g/mol. The molecule has 1 aromatic carbocycles. The van der Waals surface area contributed by atoms with Crippen molar-refractivity contribution in [2.45, 2.75) is 13.3 Å². The molecule has 0 radical (unpaired) electrons. The summed E-state index contributed by atoms with van der Waals surface area (Å²) >= 11 is 1.36. The van der Waals surface area contributed by atoms with E-state index in [4.69, 9.17) is 10.5 Å². The van der Waals surface area contributed by atoms with Gasteiger partial charge < -0.3 is 10.5 Å². The predicted molar refractivity (Wildman–Crippen MR) is 65.5 cm³/mol. The molecule has 16 heavy (non-hydrogen) atoms. The highest BCUT2D eigenvalue weighted by Crippen LogP contribution is 2.32. The Balaban J connectivity index is 2.32. The van der Waals surface area contributed by atoms with Crippen molar-refractivity contribution < 1.29 is 4.74 Å². The standard InChI is InChI=1S/C11H13N3OS/c1-2-7-15-9-6-4-3-5-8(9)10-13-14-11(12)16-10/h3-6H,2,7H2,1H3,(H2,12,14). The third kappa shape index (κ3) is 2.30. The van der Waals surface area contributed by atoms with Crippen LogP contribution in [0.3, 0.4) is 0 Å². The van der Waals surface area contributed by atoms with Gasteiger partial charge in [-0.15, -0.1) is 10.2 Å². The van der Waals surface area contributed by atoms with Crippen LogP contribution in [-0.4, -0.2) is 16.8 Å². The number of rotatable bonds is 4. The van der Waals surface area contributed by atoms with Crippen LogP contribution in [0, 0.1) is 0 Å². The molecule has 0 aliphatic rings. The molecule has 0 saturated heterocycles. The van der Waals surface area contributed by atoms with Crippen LogP contribution < -0.4 is 10.5 Å². The van der Waals surface area contributed by atoms with Crippen molar-refractivity contribution in [3.05, 3.63) is 24.3 Å². The Hall–Kier alpha value is -1.62. The van der Waals surface area contributed by atoms with Gasteiger partial charge in [-0.3, -0.25) is 0 Å². The van der Waals surface area contributed by atoms with Crippen molar-refractivity contribution in [3.8, 4) is 16.3 Å². The summed E-state index contributed by atoms with van der Waals surface area (Å²) in [5.41, 5.74) is 6.52. The molecular weight excluding hydrogens is 222 g/mol. The van der Waals surface area contributed by atoms with Crippen LogP contribution in [0.1, 0.15) is 13.3 Å². The topological polar surface area (TPSA) is 61.0 Å². The number of ether oxygens (including phenoxy) is 1. The molecule has 0 aliphatic carbocycles. The summed E-state index contributed by atoms with van der Waals surface area (Å²) in [6.45, 7) is 2.77. The lowest BCUT2D eigenvalue weighted by atomic mass is 10.2. The number of anilines is 1. The Morgan fingerprint density at radius 3 is 2.81 bits per heavy atom. The number of hydrogen-bond acceptors (Lipinski definition) is 5. The van der Waals surface area contributed by atoms with Crippen molar-refractivity contribution in [1.29, 1.82) is 0 Å². The van der Waals surface area contributed by atoms with Gasteiger partial charge in [0.25, 0.3) is 0 Å². The van der Waals surface area contributed by atoms with Crippen molar-refractivity contribution in [2.24, 2.45) is 0 Å². The van der Waals surface area contributed by atoms with Gasteiger partial charge in [-0.1, -0.05) is 30.4 Å². The first-order chi connectivity index (χ1) is 7.81. The molecule has 5 heteroatoms. The summed E-state index contributed by atoms with van der Waals surface area (Å²) in [4.78, 5) is 0. The van der Waals surface area contributed by atoms with Crippen molar-refractivity contribution in [1.82, 2.24) is 10.2 Å². The summed E-state index contributed by atoms with van der Waals surface area (Å²) in [5.74, 6) is 0.834. The summed E-state index contributed by atoms with van der Waals surface area (Å²) in [7, 11) is 0. The van der Waals surface area contributed by atoms with Crippen molar-refractivity contribution in [3.63, 3.8) is 0 Å². The average molecular weight is 235 g/mol. The third-order valence-corrected chi connectivity index (χ3v) is 2.81. The van der Waals surface area contributed by atoms with Gasteiger partial charge in [0, 0.05) is 0 Å². The van der Waals surface area contributed by atoms with Crippen LogP contribution in [0.25, 0.3) is 10.6 Å². The number of para-hydroxylation sites is 1. The minimum absolute atomic E-state index is 0.472. The van der Waals surface area contributed by atoms with Crippen LogP contribution in [0.15, 0.2) is 24.3 Å². The molecule has 4 nitrogen and oxygen atoms in total. The molecule has 0 bridgehead atoms. The Kier molecular flexibility index (Phi) is 3.36. The van der Waals surface area contributed by atoms with Crippen LogP contribution >= 0.6 is 11.3 Å². The zero-order chi connectivity index (χ0) is 11.4. The lowest BCUT2D eigenvalue weighted by Crippen LogP contribution is -1.96. The molecule has 2 aromatic rings. The maximum Gasteiger partial charge on any atom is 0.203 e. The highest BCUT2D eigenvalue weighted by atomic mass is 32.1. The molecule has 0 aliphatic heterocycles. The van der Waals surface area contributed by atoms with Crippen LogP contribution in [0.2, 0.25) is 0 Å². The second-order valence-electron chi connectivity index (χ2n) is 3.29. The van der Waals surface area contributed by atoms with E-state index >= 15 is 0 Å². The van der Waals surface area contributed by atoms with E-state index in [1.54, 1.807) is 0 Å². The van der Waals surface area contributed by atoms with Gasteiger partial charge in [0.2, 0.25) is 5.13 Å². The Morgan fingerprint density at radius 1 is 1.31 bits per heavy atom. The van der Waals surface area contributed by atoms with Gasteiger partial charge in [0.1, 0.15) is 5.75 Å². The Labute approximate surface area is 98.1 Å². The predicted octanol–water partition coefficient (Wildman–Crippen LogP) is 2.58. The summed E-state index contributed by atoms with van der Waals surface area (Å²) in [6, 6.07) is 7.79. The summed E-state index contributed by atoms with van der Waals surface area (Å²) in [5, 5.41) is 9.09. The molecule has 2 N–H and O–H groups in total. The van der Waals surface area contributed by atoms with E-state index in [2.05, 4.69) is 17.1 Å². The van der Waals surface area contributed by atoms with E-state index < -0.39 is 0 Å². The molecule has 1 aromatic heterocycles. The quantitative estimate of drug-likeness (QED) is 0.884. The molecule has 0 unspecified atom stereocenters. The van der Waals surface area contributed by atoms with E-state index in [9.17, 15) is 0 Å². The van der Waals surface area contributed by atoms with Gasteiger partial charge in [-0.25, -0.2) is 0 Å². The van der Waals surface area contributed by atoms with Gasteiger partial charge in [0.05, 0.1) is 12.2 Å². The zero-order valence-corrected chi connectivity index (χ0v) is 9.83. The highest BCUT2D eigenvalue weighted by Gasteiger charge is 2.09. The van der Waals surface area contributed by atoms with Crippen LogP contribution in [0.5, 0.6) is 5.75 Å². The molecule has 84 valence electrons. The molecule has 0 atom stereocenters. The SMILES string of the molecule is CCCOc1ccccc1-c1nnc(N)s1. The van der Waals surface area contributed by atoms with E-state index in [0.29, 0.717) is 11.7 Å². The number of aromatic nitrogens is 2. The maximum atomic E-state index is 5.65. The molecule has 0 amide bonds. The minimum atomic E-state index is 0.472. The number of hydrogen-bond donors (Lipinski definition) is 1. The number of benzene rings is 1. The molecule has 0 spiro atoms. The smallest absolute Gasteiger partial charge is 0.203 e. The van der Waals surface area contributed by atoms with Crippen LogP contribution in [-0.2, 0) is 0 Å². The fraction of sp³-hybridized carbons (Fsp3) is 0.273. The zero-order valence-electron chi connectivity index (χ0n) is 9.01. The fourth-order valence-corrected chi connectivity index (χ4v) is 1.96. The number of nitrogens with two attached hydrogens (primary N) is 1. The third-order valence-electron chi connectivity index (χ3n) is 2.02. The van der Waals surface area contributed by atoms with Gasteiger partial charge in [-0.05, 0) is 18.6 Å². The molecule has 0 fully saturated rings. The normalized spacial score (nSPS) is 10.3. The lowest BCUT2D eigenvalue weighted by molar-refractivity contribution is 0.318. The maximum absolute atomic E-state index is 5.65. The first kappa shape index (κ1) is 10.9. The summed E-state index contributed by atoms with van der Waals surface area (Å²) < 4.78 is 5.65. The highest BCUT2D eigenvalue weighted by molar-refractivity contribution is 7.18.